The van der Waals surface area contributed by atoms with Crippen molar-refractivity contribution in [2.24, 2.45) is 0 Å². The van der Waals surface area contributed by atoms with Crippen molar-refractivity contribution >= 4 is 15.7 Å². The quantitative estimate of drug-likeness (QED) is 0.772. The lowest BCUT2D eigenvalue weighted by atomic mass is 10.2. The number of aliphatic hydroxyl groups excluding tert-OH is 1. The largest absolute Gasteiger partial charge is 0.497 e. The SMILES string of the molecule is COc1ccc(NS(=O)(=O)c2c(CO)n[nH]c2C)c(C)c1. The first-order valence-corrected chi connectivity index (χ1v) is 7.69. The lowest BCUT2D eigenvalue weighted by Crippen LogP contribution is -2.16. The molecule has 0 saturated carbocycles. The third-order valence-corrected chi connectivity index (χ3v) is 4.63. The van der Waals surface area contributed by atoms with Gasteiger partial charge in [0.05, 0.1) is 25.1 Å². The second kappa shape index (κ2) is 5.74. The summed E-state index contributed by atoms with van der Waals surface area (Å²) in [4.78, 5) is -0.0276. The Morgan fingerprint density at radius 1 is 1.38 bits per heavy atom. The van der Waals surface area contributed by atoms with Crippen LogP contribution in [0.4, 0.5) is 5.69 Å². The fraction of sp³-hybridized carbons (Fsp3) is 0.308. The van der Waals surface area contributed by atoms with Crippen molar-refractivity contribution in [2.75, 3.05) is 11.8 Å². The first-order chi connectivity index (χ1) is 9.89. The molecule has 0 bridgehead atoms. The second-order valence-corrected chi connectivity index (χ2v) is 6.19. The van der Waals surface area contributed by atoms with Crippen LogP contribution in [0.25, 0.3) is 0 Å². The van der Waals surface area contributed by atoms with Gasteiger partial charge >= 0.3 is 0 Å². The smallest absolute Gasteiger partial charge is 0.265 e. The van der Waals surface area contributed by atoms with Crippen molar-refractivity contribution in [3.05, 3.63) is 35.2 Å². The van der Waals surface area contributed by atoms with Gasteiger partial charge in [0.2, 0.25) is 0 Å². The maximum atomic E-state index is 12.5. The molecule has 3 N–H and O–H groups in total. The van der Waals surface area contributed by atoms with Crippen LogP contribution in [0.3, 0.4) is 0 Å². The van der Waals surface area contributed by atoms with Gasteiger partial charge in [-0.3, -0.25) is 9.82 Å². The molecule has 1 heterocycles. The highest BCUT2D eigenvalue weighted by molar-refractivity contribution is 7.92. The lowest BCUT2D eigenvalue weighted by molar-refractivity contribution is 0.273. The Balaban J connectivity index is 2.40. The zero-order valence-corrected chi connectivity index (χ0v) is 12.8. The molecule has 2 rings (SSSR count). The average Bonchev–Trinajstić information content (AvgIpc) is 2.82. The lowest BCUT2D eigenvalue weighted by Gasteiger charge is -2.12. The zero-order valence-electron chi connectivity index (χ0n) is 12.0. The van der Waals surface area contributed by atoms with Crippen LogP contribution in [-0.2, 0) is 16.6 Å². The van der Waals surface area contributed by atoms with Crippen molar-refractivity contribution in [2.45, 2.75) is 25.3 Å². The van der Waals surface area contributed by atoms with E-state index in [-0.39, 0.29) is 10.6 Å². The third kappa shape index (κ3) is 3.01. The van der Waals surface area contributed by atoms with Crippen LogP contribution in [0.15, 0.2) is 23.1 Å². The number of methoxy groups -OCH3 is 1. The molecule has 0 saturated heterocycles. The fourth-order valence-corrected chi connectivity index (χ4v) is 3.50. The van der Waals surface area contributed by atoms with Crippen LogP contribution >= 0.6 is 0 Å². The molecule has 0 unspecified atom stereocenters. The minimum Gasteiger partial charge on any atom is -0.497 e. The number of anilines is 1. The van der Waals surface area contributed by atoms with E-state index in [2.05, 4.69) is 14.9 Å². The molecule has 1 aromatic carbocycles. The number of ether oxygens (including phenoxy) is 1. The number of aromatic amines is 1. The standard InChI is InChI=1S/C13H17N3O4S/c1-8-6-10(20-3)4-5-11(8)16-21(18,19)13-9(2)14-15-12(13)7-17/h4-6,16-17H,7H2,1-3H3,(H,14,15). The molecule has 0 spiro atoms. The minimum atomic E-state index is -3.83. The van der Waals surface area contributed by atoms with Crippen LogP contribution in [0.2, 0.25) is 0 Å². The zero-order chi connectivity index (χ0) is 15.6. The van der Waals surface area contributed by atoms with Gasteiger partial charge in [-0.2, -0.15) is 5.10 Å². The summed E-state index contributed by atoms with van der Waals surface area (Å²) in [5.74, 6) is 0.644. The molecule has 0 aliphatic rings. The Morgan fingerprint density at radius 3 is 2.67 bits per heavy atom. The van der Waals surface area contributed by atoms with Gasteiger partial charge in [-0.25, -0.2) is 8.42 Å². The number of aliphatic hydroxyl groups is 1. The average molecular weight is 311 g/mol. The van der Waals surface area contributed by atoms with Gasteiger partial charge in [-0.15, -0.1) is 0 Å². The summed E-state index contributed by atoms with van der Waals surface area (Å²) in [6.45, 7) is 2.90. The highest BCUT2D eigenvalue weighted by Crippen LogP contribution is 2.25. The number of hydrogen-bond acceptors (Lipinski definition) is 5. The van der Waals surface area contributed by atoms with E-state index >= 15 is 0 Å². The van der Waals surface area contributed by atoms with E-state index in [0.717, 1.165) is 5.56 Å². The molecule has 114 valence electrons. The van der Waals surface area contributed by atoms with Crippen molar-refractivity contribution in [3.8, 4) is 5.75 Å². The molecule has 2 aromatic rings. The van der Waals surface area contributed by atoms with Gasteiger partial charge in [0, 0.05) is 0 Å². The number of rotatable bonds is 5. The number of nitrogens with one attached hydrogen (secondary N) is 2. The Hall–Kier alpha value is -2.06. The molecule has 0 atom stereocenters. The Bertz CT molecular complexity index is 753. The highest BCUT2D eigenvalue weighted by atomic mass is 32.2. The number of aryl methyl sites for hydroxylation is 2. The fourth-order valence-electron chi connectivity index (χ4n) is 2.01. The molecule has 1 aromatic heterocycles. The van der Waals surface area contributed by atoms with Crippen LogP contribution in [0.1, 0.15) is 17.0 Å². The maximum absolute atomic E-state index is 12.5. The van der Waals surface area contributed by atoms with E-state index in [4.69, 9.17) is 4.74 Å². The Kier molecular flexibility index (Phi) is 4.19. The summed E-state index contributed by atoms with van der Waals surface area (Å²) < 4.78 is 32.5. The summed E-state index contributed by atoms with van der Waals surface area (Å²) in [6, 6.07) is 5.02. The maximum Gasteiger partial charge on any atom is 0.265 e. The molecule has 7 nitrogen and oxygen atoms in total. The Morgan fingerprint density at radius 2 is 2.10 bits per heavy atom. The minimum absolute atomic E-state index is 0.0276. The number of hydrogen-bond donors (Lipinski definition) is 3. The van der Waals surface area contributed by atoms with Crippen molar-refractivity contribution in [3.63, 3.8) is 0 Å². The molecule has 0 amide bonds. The molecule has 0 radical (unpaired) electrons. The van der Waals surface area contributed by atoms with Crippen LogP contribution in [-0.4, -0.2) is 30.8 Å². The van der Waals surface area contributed by atoms with Crippen LogP contribution in [0.5, 0.6) is 5.75 Å². The van der Waals surface area contributed by atoms with Gasteiger partial charge < -0.3 is 9.84 Å². The van der Waals surface area contributed by atoms with Gasteiger partial charge in [-0.1, -0.05) is 0 Å². The molecule has 8 heteroatoms. The van der Waals surface area contributed by atoms with E-state index in [9.17, 15) is 13.5 Å². The van der Waals surface area contributed by atoms with Crippen molar-refractivity contribution in [1.82, 2.24) is 10.2 Å². The predicted octanol–water partition coefficient (Wildman–Crippen LogP) is 1.33. The molecule has 0 aliphatic heterocycles. The third-order valence-electron chi connectivity index (χ3n) is 3.06. The summed E-state index contributed by atoms with van der Waals surface area (Å²) in [6.07, 6.45) is 0. The summed E-state index contributed by atoms with van der Waals surface area (Å²) >= 11 is 0. The number of H-pyrrole nitrogens is 1. The van der Waals surface area contributed by atoms with Gasteiger partial charge in [-0.05, 0) is 37.6 Å². The molecular formula is C13H17N3O4S. The number of benzene rings is 1. The van der Waals surface area contributed by atoms with E-state index in [0.29, 0.717) is 17.1 Å². The molecular weight excluding hydrogens is 294 g/mol. The summed E-state index contributed by atoms with van der Waals surface area (Å²) in [5.41, 5.74) is 1.63. The van der Waals surface area contributed by atoms with Crippen LogP contribution in [0, 0.1) is 13.8 Å². The van der Waals surface area contributed by atoms with E-state index in [1.807, 2.05) is 0 Å². The molecule has 0 fully saturated rings. The second-order valence-electron chi connectivity index (χ2n) is 4.57. The monoisotopic (exact) mass is 311 g/mol. The topological polar surface area (TPSA) is 104 Å². The van der Waals surface area contributed by atoms with Gasteiger partial charge in [0.1, 0.15) is 16.3 Å². The van der Waals surface area contributed by atoms with Gasteiger partial charge in [0.15, 0.2) is 0 Å². The van der Waals surface area contributed by atoms with E-state index < -0.39 is 16.6 Å². The number of nitrogens with zero attached hydrogens (tertiary/aromatic N) is 1. The van der Waals surface area contributed by atoms with Crippen LogP contribution < -0.4 is 9.46 Å². The van der Waals surface area contributed by atoms with E-state index in [1.54, 1.807) is 39.2 Å². The highest BCUT2D eigenvalue weighted by Gasteiger charge is 2.24. The summed E-state index contributed by atoms with van der Waals surface area (Å²) in [5, 5.41) is 15.5. The Labute approximate surface area is 123 Å². The first kappa shape index (κ1) is 15.3. The normalized spacial score (nSPS) is 11.4. The molecule has 0 aliphatic carbocycles. The van der Waals surface area contributed by atoms with Crippen molar-refractivity contribution < 1.29 is 18.3 Å². The van der Waals surface area contributed by atoms with Crippen molar-refractivity contribution in [1.29, 1.82) is 0 Å². The molecule has 21 heavy (non-hydrogen) atoms. The summed E-state index contributed by atoms with van der Waals surface area (Å²) in [7, 11) is -2.29. The first-order valence-electron chi connectivity index (χ1n) is 6.21. The van der Waals surface area contributed by atoms with Gasteiger partial charge in [0.25, 0.3) is 10.0 Å². The number of aromatic nitrogens is 2. The van der Waals surface area contributed by atoms with E-state index in [1.165, 1.54) is 0 Å². The predicted molar refractivity (Wildman–Crippen MR) is 77.8 cm³/mol. The number of sulfonamides is 1.